The van der Waals surface area contributed by atoms with Crippen LogP contribution in [0.25, 0.3) is 0 Å². The molecule has 1 aromatic heterocycles. The Hall–Kier alpha value is -1.49. The largest absolute Gasteiger partial charge is 0.356 e. The van der Waals surface area contributed by atoms with Gasteiger partial charge in [-0.05, 0) is 58.7 Å². The summed E-state index contributed by atoms with van der Waals surface area (Å²) in [6.07, 6.45) is 4.84. The van der Waals surface area contributed by atoms with Crippen molar-refractivity contribution in [2.24, 2.45) is 5.92 Å². The topological polar surface area (TPSA) is 58.1 Å². The molecular weight excluding hydrogens is 276 g/mol. The fourth-order valence-corrected chi connectivity index (χ4v) is 3.16. The molecule has 1 atom stereocenters. The summed E-state index contributed by atoms with van der Waals surface area (Å²) in [4.78, 5) is 23.1. The quantitative estimate of drug-likeness (QED) is 0.872. The Morgan fingerprint density at radius 3 is 2.77 bits per heavy atom. The van der Waals surface area contributed by atoms with Crippen LogP contribution >= 0.6 is 0 Å². The molecule has 1 aromatic rings. The molecule has 0 spiro atoms. The Balaban J connectivity index is 1.65. The number of nitrogens with zero attached hydrogens (tertiary/aromatic N) is 3. The van der Waals surface area contributed by atoms with Gasteiger partial charge in [-0.15, -0.1) is 0 Å². The zero-order valence-corrected chi connectivity index (χ0v) is 14.1. The lowest BCUT2D eigenvalue weighted by Gasteiger charge is -2.29. The van der Waals surface area contributed by atoms with Crippen LogP contribution in [-0.4, -0.2) is 47.5 Å². The number of carbonyl (C=O) groups is 1. The van der Waals surface area contributed by atoms with E-state index in [0.717, 1.165) is 30.2 Å². The second-order valence-electron chi connectivity index (χ2n) is 6.48. The molecule has 1 aliphatic rings. The molecule has 0 aliphatic carbocycles. The molecule has 5 nitrogen and oxygen atoms in total. The molecule has 1 saturated heterocycles. The molecule has 2 rings (SSSR count). The van der Waals surface area contributed by atoms with E-state index >= 15 is 0 Å². The van der Waals surface area contributed by atoms with Gasteiger partial charge in [0.2, 0.25) is 5.91 Å². The Morgan fingerprint density at radius 2 is 2.09 bits per heavy atom. The SMILES string of the molecule is Cc1cc(C)nc(CCNC(=O)CC[C@@H]2CCCN(C)C2)n1. The third-order valence-electron chi connectivity index (χ3n) is 4.20. The second-order valence-corrected chi connectivity index (χ2v) is 6.48. The number of aromatic nitrogens is 2. The molecular formula is C17H28N4O. The zero-order chi connectivity index (χ0) is 15.9. The first-order chi connectivity index (χ1) is 10.5. The summed E-state index contributed by atoms with van der Waals surface area (Å²) < 4.78 is 0. The molecule has 122 valence electrons. The third-order valence-corrected chi connectivity index (χ3v) is 4.20. The second kappa shape index (κ2) is 8.22. The fraction of sp³-hybridized carbons (Fsp3) is 0.706. The number of rotatable bonds is 6. The summed E-state index contributed by atoms with van der Waals surface area (Å²) >= 11 is 0. The predicted octanol–water partition coefficient (Wildman–Crippen LogP) is 1.87. The van der Waals surface area contributed by atoms with Crippen molar-refractivity contribution in [2.45, 2.75) is 46.0 Å². The van der Waals surface area contributed by atoms with Crippen LogP contribution in [0.2, 0.25) is 0 Å². The summed E-state index contributed by atoms with van der Waals surface area (Å²) in [5.74, 6) is 1.64. The summed E-state index contributed by atoms with van der Waals surface area (Å²) in [5, 5.41) is 2.99. The van der Waals surface area contributed by atoms with Crippen molar-refractivity contribution in [1.82, 2.24) is 20.2 Å². The van der Waals surface area contributed by atoms with Crippen molar-refractivity contribution in [1.29, 1.82) is 0 Å². The van der Waals surface area contributed by atoms with Crippen molar-refractivity contribution in [2.75, 3.05) is 26.7 Å². The maximum atomic E-state index is 11.9. The maximum absolute atomic E-state index is 11.9. The van der Waals surface area contributed by atoms with Crippen LogP contribution in [-0.2, 0) is 11.2 Å². The molecule has 0 radical (unpaired) electrons. The van der Waals surface area contributed by atoms with E-state index in [9.17, 15) is 4.79 Å². The van der Waals surface area contributed by atoms with Crippen LogP contribution in [0.1, 0.15) is 42.9 Å². The summed E-state index contributed by atoms with van der Waals surface area (Å²) in [7, 11) is 2.16. The lowest BCUT2D eigenvalue weighted by molar-refractivity contribution is -0.121. The van der Waals surface area contributed by atoms with Crippen LogP contribution in [0.3, 0.4) is 0 Å². The Labute approximate surface area is 133 Å². The summed E-state index contributed by atoms with van der Waals surface area (Å²) in [6, 6.07) is 1.96. The average molecular weight is 304 g/mol. The maximum Gasteiger partial charge on any atom is 0.220 e. The van der Waals surface area contributed by atoms with Crippen LogP contribution in [0.4, 0.5) is 0 Å². The molecule has 0 bridgehead atoms. The highest BCUT2D eigenvalue weighted by Crippen LogP contribution is 2.19. The van der Waals surface area contributed by atoms with Crippen molar-refractivity contribution in [3.8, 4) is 0 Å². The molecule has 0 saturated carbocycles. The molecule has 0 aromatic carbocycles. The molecule has 22 heavy (non-hydrogen) atoms. The van der Waals surface area contributed by atoms with Gasteiger partial charge in [-0.25, -0.2) is 9.97 Å². The number of piperidine rings is 1. The minimum Gasteiger partial charge on any atom is -0.356 e. The van der Waals surface area contributed by atoms with Crippen LogP contribution in [0, 0.1) is 19.8 Å². The first-order valence-corrected chi connectivity index (χ1v) is 8.29. The van der Waals surface area contributed by atoms with Gasteiger partial charge in [0, 0.05) is 37.3 Å². The lowest BCUT2D eigenvalue weighted by Crippen LogP contribution is -2.33. The lowest BCUT2D eigenvalue weighted by atomic mass is 9.93. The molecule has 5 heteroatoms. The smallest absolute Gasteiger partial charge is 0.220 e. The van der Waals surface area contributed by atoms with Gasteiger partial charge in [0.1, 0.15) is 5.82 Å². The predicted molar refractivity (Wildman–Crippen MR) is 87.7 cm³/mol. The normalized spacial score (nSPS) is 19.1. The van der Waals surface area contributed by atoms with Gasteiger partial charge in [-0.3, -0.25) is 4.79 Å². The van der Waals surface area contributed by atoms with E-state index in [-0.39, 0.29) is 5.91 Å². The molecule has 0 unspecified atom stereocenters. The van der Waals surface area contributed by atoms with Gasteiger partial charge in [-0.1, -0.05) is 0 Å². The standard InChI is InChI=1S/C17H28N4O/c1-13-11-14(2)20-16(19-13)8-9-18-17(22)7-6-15-5-4-10-21(3)12-15/h11,15H,4-10,12H2,1-3H3,(H,18,22)/t15-/m0/s1. The van der Waals surface area contributed by atoms with Gasteiger partial charge in [0.25, 0.3) is 0 Å². The number of aryl methyl sites for hydroxylation is 2. The minimum atomic E-state index is 0.151. The monoisotopic (exact) mass is 304 g/mol. The Morgan fingerprint density at radius 1 is 1.36 bits per heavy atom. The van der Waals surface area contributed by atoms with Gasteiger partial charge in [0.15, 0.2) is 0 Å². The van der Waals surface area contributed by atoms with Gasteiger partial charge >= 0.3 is 0 Å². The molecule has 1 fully saturated rings. The van der Waals surface area contributed by atoms with Crippen LogP contribution in [0.5, 0.6) is 0 Å². The van der Waals surface area contributed by atoms with Crippen molar-refractivity contribution in [3.05, 3.63) is 23.3 Å². The summed E-state index contributed by atoms with van der Waals surface area (Å²) in [5.41, 5.74) is 1.96. The summed E-state index contributed by atoms with van der Waals surface area (Å²) in [6.45, 7) is 6.88. The van der Waals surface area contributed by atoms with E-state index in [1.165, 1.54) is 19.4 Å². The number of carbonyl (C=O) groups excluding carboxylic acids is 1. The van der Waals surface area contributed by atoms with E-state index in [0.29, 0.717) is 25.3 Å². The number of hydrogen-bond acceptors (Lipinski definition) is 4. The molecule has 1 amide bonds. The van der Waals surface area contributed by atoms with Gasteiger partial charge in [0.05, 0.1) is 0 Å². The highest BCUT2D eigenvalue weighted by molar-refractivity contribution is 5.75. The van der Waals surface area contributed by atoms with E-state index in [1.54, 1.807) is 0 Å². The number of hydrogen-bond donors (Lipinski definition) is 1. The average Bonchev–Trinajstić information content (AvgIpc) is 2.44. The number of amides is 1. The van der Waals surface area contributed by atoms with E-state index in [2.05, 4.69) is 27.2 Å². The Bertz CT molecular complexity index is 483. The van der Waals surface area contributed by atoms with E-state index in [1.807, 2.05) is 19.9 Å². The van der Waals surface area contributed by atoms with Gasteiger partial charge in [-0.2, -0.15) is 0 Å². The number of nitrogens with one attached hydrogen (secondary N) is 1. The molecule has 1 N–H and O–H groups in total. The van der Waals surface area contributed by atoms with Crippen molar-refractivity contribution >= 4 is 5.91 Å². The van der Waals surface area contributed by atoms with E-state index in [4.69, 9.17) is 0 Å². The zero-order valence-electron chi connectivity index (χ0n) is 14.1. The third kappa shape index (κ3) is 5.72. The van der Waals surface area contributed by atoms with Gasteiger partial charge < -0.3 is 10.2 Å². The molecule has 1 aliphatic heterocycles. The van der Waals surface area contributed by atoms with E-state index < -0.39 is 0 Å². The first kappa shape index (κ1) is 16.9. The van der Waals surface area contributed by atoms with Crippen molar-refractivity contribution < 1.29 is 4.79 Å². The van der Waals surface area contributed by atoms with Crippen LogP contribution in [0.15, 0.2) is 6.07 Å². The fourth-order valence-electron chi connectivity index (χ4n) is 3.16. The minimum absolute atomic E-state index is 0.151. The number of likely N-dealkylation sites (tertiary alicyclic amines) is 1. The first-order valence-electron chi connectivity index (χ1n) is 8.29. The van der Waals surface area contributed by atoms with Crippen LogP contribution < -0.4 is 5.32 Å². The Kier molecular flexibility index (Phi) is 6.31. The molecule has 2 heterocycles. The highest BCUT2D eigenvalue weighted by atomic mass is 16.1. The van der Waals surface area contributed by atoms with Crippen molar-refractivity contribution in [3.63, 3.8) is 0 Å². The highest BCUT2D eigenvalue weighted by Gasteiger charge is 2.17.